The largest absolute Gasteiger partial charge is 0.379 e. The van der Waals surface area contributed by atoms with Crippen molar-refractivity contribution in [3.05, 3.63) is 34.9 Å². The molecule has 1 aliphatic heterocycles. The van der Waals surface area contributed by atoms with Crippen molar-refractivity contribution in [2.24, 2.45) is 4.99 Å². The number of ether oxygens (including phenoxy) is 1. The molecule has 7 heteroatoms. The summed E-state index contributed by atoms with van der Waals surface area (Å²) in [7, 11) is 1.82. The van der Waals surface area contributed by atoms with Gasteiger partial charge in [0, 0.05) is 50.2 Å². The van der Waals surface area contributed by atoms with Crippen molar-refractivity contribution in [2.45, 2.75) is 18.4 Å². The zero-order valence-corrected chi connectivity index (χ0v) is 17.1. The Labute approximate surface area is 166 Å². The van der Waals surface area contributed by atoms with Crippen molar-refractivity contribution in [1.29, 1.82) is 0 Å². The van der Waals surface area contributed by atoms with Gasteiger partial charge in [0.1, 0.15) is 0 Å². The summed E-state index contributed by atoms with van der Waals surface area (Å²) in [5.74, 6) is 1.42. The van der Waals surface area contributed by atoms with E-state index in [-0.39, 0.29) is 24.0 Å². The van der Waals surface area contributed by atoms with Gasteiger partial charge < -0.3 is 15.4 Å². The van der Waals surface area contributed by atoms with Crippen LogP contribution in [-0.2, 0) is 4.74 Å². The minimum Gasteiger partial charge on any atom is -0.379 e. The molecule has 24 heavy (non-hydrogen) atoms. The summed E-state index contributed by atoms with van der Waals surface area (Å²) < 4.78 is 5.36. The highest BCUT2D eigenvalue weighted by atomic mass is 127. The Kier molecular flexibility index (Phi) is 8.06. The number of nitrogens with one attached hydrogen (secondary N) is 2. The van der Waals surface area contributed by atoms with Crippen LogP contribution in [0.1, 0.15) is 17.9 Å². The Morgan fingerprint density at radius 1 is 1.38 bits per heavy atom. The summed E-state index contributed by atoms with van der Waals surface area (Å²) in [5.41, 5.74) is 1.30. The van der Waals surface area contributed by atoms with Crippen molar-refractivity contribution < 1.29 is 4.74 Å². The lowest BCUT2D eigenvalue weighted by Crippen LogP contribution is -2.45. The van der Waals surface area contributed by atoms with Crippen molar-refractivity contribution >= 4 is 41.5 Å². The Bertz CT molecular complexity index is 551. The van der Waals surface area contributed by atoms with Gasteiger partial charge in [-0.15, -0.1) is 24.0 Å². The predicted octanol–water partition coefficient (Wildman–Crippen LogP) is 2.31. The maximum absolute atomic E-state index is 6.07. The average Bonchev–Trinajstić information content (AvgIpc) is 3.34. The monoisotopic (exact) mass is 464 g/mol. The maximum atomic E-state index is 6.07. The topological polar surface area (TPSA) is 48.9 Å². The van der Waals surface area contributed by atoms with Gasteiger partial charge in [-0.2, -0.15) is 0 Å². The van der Waals surface area contributed by atoms with Crippen LogP contribution in [0.25, 0.3) is 0 Å². The zero-order valence-electron chi connectivity index (χ0n) is 14.0. The van der Waals surface area contributed by atoms with E-state index in [1.165, 1.54) is 5.56 Å². The van der Waals surface area contributed by atoms with Gasteiger partial charge in [-0.3, -0.25) is 9.89 Å². The second-order valence-corrected chi connectivity index (χ2v) is 6.54. The third kappa shape index (κ3) is 5.75. The fraction of sp³-hybridized carbons (Fsp3) is 0.588. The molecular weight excluding hydrogens is 439 g/mol. The molecule has 1 heterocycles. The van der Waals surface area contributed by atoms with Gasteiger partial charge in [-0.25, -0.2) is 0 Å². The van der Waals surface area contributed by atoms with E-state index >= 15 is 0 Å². The summed E-state index contributed by atoms with van der Waals surface area (Å²) in [6.45, 7) is 5.65. The fourth-order valence-electron chi connectivity index (χ4n) is 2.99. The van der Waals surface area contributed by atoms with Crippen LogP contribution >= 0.6 is 35.6 Å². The number of nitrogens with zero attached hydrogens (tertiary/aromatic N) is 2. The molecule has 0 bridgehead atoms. The molecule has 1 aromatic rings. The van der Waals surface area contributed by atoms with Gasteiger partial charge >= 0.3 is 0 Å². The molecule has 2 atom stereocenters. The van der Waals surface area contributed by atoms with E-state index in [0.717, 1.165) is 56.8 Å². The van der Waals surface area contributed by atoms with Gasteiger partial charge in [-0.1, -0.05) is 23.7 Å². The standard InChI is InChI=1S/C17H25ClN4O.HI/c1-19-17(20-5-6-22-7-9-23-10-8-22)21-16-12-15(16)13-3-2-4-14(18)11-13;/h2-4,11,15-16H,5-10,12H2,1H3,(H2,19,20,21);1H. The van der Waals surface area contributed by atoms with Gasteiger partial charge in [0.05, 0.1) is 13.2 Å². The Morgan fingerprint density at radius 2 is 2.17 bits per heavy atom. The summed E-state index contributed by atoms with van der Waals surface area (Å²) >= 11 is 6.07. The first-order valence-corrected chi connectivity index (χ1v) is 8.67. The van der Waals surface area contributed by atoms with Gasteiger partial charge in [0.25, 0.3) is 0 Å². The molecule has 2 N–H and O–H groups in total. The molecule has 2 unspecified atom stereocenters. The van der Waals surface area contributed by atoms with Crippen LogP contribution in [-0.4, -0.2) is 63.3 Å². The van der Waals surface area contributed by atoms with E-state index < -0.39 is 0 Å². The molecule has 134 valence electrons. The highest BCUT2D eigenvalue weighted by molar-refractivity contribution is 14.0. The number of morpholine rings is 1. The minimum absolute atomic E-state index is 0. The van der Waals surface area contributed by atoms with E-state index in [0.29, 0.717) is 12.0 Å². The van der Waals surface area contributed by atoms with E-state index in [1.807, 2.05) is 19.2 Å². The highest BCUT2D eigenvalue weighted by Crippen LogP contribution is 2.41. The number of halogens is 2. The molecule has 1 saturated heterocycles. The van der Waals surface area contributed by atoms with E-state index in [1.54, 1.807) is 0 Å². The van der Waals surface area contributed by atoms with Gasteiger partial charge in [-0.05, 0) is 24.1 Å². The van der Waals surface area contributed by atoms with Crippen LogP contribution in [0.2, 0.25) is 5.02 Å². The SMILES string of the molecule is CN=C(NCCN1CCOCC1)NC1CC1c1cccc(Cl)c1.I. The molecule has 5 nitrogen and oxygen atoms in total. The Hall–Kier alpha value is -0.570. The lowest BCUT2D eigenvalue weighted by molar-refractivity contribution is 0.0389. The summed E-state index contributed by atoms with van der Waals surface area (Å²) in [6.07, 6.45) is 1.13. The van der Waals surface area contributed by atoms with E-state index in [9.17, 15) is 0 Å². The lowest BCUT2D eigenvalue weighted by atomic mass is 10.1. The zero-order chi connectivity index (χ0) is 16.1. The molecule has 1 aromatic carbocycles. The third-order valence-electron chi connectivity index (χ3n) is 4.44. The second-order valence-electron chi connectivity index (χ2n) is 6.10. The van der Waals surface area contributed by atoms with E-state index in [4.69, 9.17) is 16.3 Å². The van der Waals surface area contributed by atoms with Crippen LogP contribution in [0.3, 0.4) is 0 Å². The number of rotatable bonds is 5. The molecular formula is C17H26ClIN4O. The number of benzene rings is 1. The van der Waals surface area contributed by atoms with Gasteiger partial charge in [0.2, 0.25) is 0 Å². The molecule has 2 aliphatic rings. The number of hydrogen-bond acceptors (Lipinski definition) is 3. The van der Waals surface area contributed by atoms with E-state index in [2.05, 4.69) is 32.7 Å². The van der Waals surface area contributed by atoms with Crippen molar-refractivity contribution in [3.8, 4) is 0 Å². The van der Waals surface area contributed by atoms with Crippen molar-refractivity contribution in [3.63, 3.8) is 0 Å². The minimum atomic E-state index is 0. The molecule has 0 amide bonds. The van der Waals surface area contributed by atoms with Crippen LogP contribution in [0.5, 0.6) is 0 Å². The molecule has 0 spiro atoms. The van der Waals surface area contributed by atoms with Crippen LogP contribution in [0.4, 0.5) is 0 Å². The molecule has 0 radical (unpaired) electrons. The molecule has 3 rings (SSSR count). The molecule has 1 aliphatic carbocycles. The molecule has 1 saturated carbocycles. The van der Waals surface area contributed by atoms with Crippen LogP contribution in [0.15, 0.2) is 29.3 Å². The summed E-state index contributed by atoms with van der Waals surface area (Å²) in [4.78, 5) is 6.73. The molecule has 2 fully saturated rings. The average molecular weight is 465 g/mol. The van der Waals surface area contributed by atoms with Crippen LogP contribution < -0.4 is 10.6 Å². The number of hydrogen-bond donors (Lipinski definition) is 2. The first-order valence-electron chi connectivity index (χ1n) is 8.29. The van der Waals surface area contributed by atoms with Gasteiger partial charge in [0.15, 0.2) is 5.96 Å². The maximum Gasteiger partial charge on any atom is 0.191 e. The van der Waals surface area contributed by atoms with Crippen molar-refractivity contribution in [2.75, 3.05) is 46.4 Å². The normalized spacial score (nSPS) is 24.2. The first-order chi connectivity index (χ1) is 11.3. The highest BCUT2D eigenvalue weighted by Gasteiger charge is 2.39. The Balaban J connectivity index is 0.00000208. The number of guanidine groups is 1. The first kappa shape index (κ1) is 19.8. The Morgan fingerprint density at radius 3 is 2.88 bits per heavy atom. The fourth-order valence-corrected chi connectivity index (χ4v) is 3.19. The molecule has 0 aromatic heterocycles. The number of aliphatic imine (C=N–C) groups is 1. The van der Waals surface area contributed by atoms with Crippen molar-refractivity contribution in [1.82, 2.24) is 15.5 Å². The smallest absolute Gasteiger partial charge is 0.191 e. The third-order valence-corrected chi connectivity index (χ3v) is 4.67. The predicted molar refractivity (Wildman–Crippen MR) is 110 cm³/mol. The summed E-state index contributed by atoms with van der Waals surface area (Å²) in [5, 5.41) is 7.71. The lowest BCUT2D eigenvalue weighted by Gasteiger charge is -2.26. The second kappa shape index (κ2) is 9.79. The quantitative estimate of drug-likeness (QED) is 0.399. The van der Waals surface area contributed by atoms with Crippen LogP contribution in [0, 0.1) is 0 Å². The summed E-state index contributed by atoms with van der Waals surface area (Å²) in [6, 6.07) is 8.59.